The normalized spacial score (nSPS) is 23.0. The Morgan fingerprint density at radius 3 is 3.00 bits per heavy atom. The highest BCUT2D eigenvalue weighted by molar-refractivity contribution is 6.61. The summed E-state index contributed by atoms with van der Waals surface area (Å²) in [6, 6.07) is 2.77. The smallest absolute Gasteiger partial charge is 0.466 e. The van der Waals surface area contributed by atoms with Crippen LogP contribution in [0.2, 0.25) is 0 Å². The van der Waals surface area contributed by atoms with Gasteiger partial charge in [-0.2, -0.15) is 0 Å². The van der Waals surface area contributed by atoms with Crippen LogP contribution in [-0.4, -0.2) is 37.6 Å². The summed E-state index contributed by atoms with van der Waals surface area (Å²) in [7, 11) is -1.30. The van der Waals surface area contributed by atoms with E-state index in [0.717, 1.165) is 19.3 Å². The lowest BCUT2D eigenvalue weighted by Gasteiger charge is -2.23. The third-order valence-corrected chi connectivity index (χ3v) is 4.08. The molecule has 1 fully saturated rings. The van der Waals surface area contributed by atoms with Gasteiger partial charge in [0.1, 0.15) is 11.6 Å². The molecule has 2 heterocycles. The summed E-state index contributed by atoms with van der Waals surface area (Å²) >= 11 is 0. The zero-order valence-electron chi connectivity index (χ0n) is 13.5. The first-order chi connectivity index (χ1) is 11.6. The molecule has 0 bridgehead atoms. The van der Waals surface area contributed by atoms with Crippen LogP contribution in [0.3, 0.4) is 0 Å². The van der Waals surface area contributed by atoms with Crippen molar-refractivity contribution in [1.82, 2.24) is 0 Å². The molecule has 8 heteroatoms. The van der Waals surface area contributed by atoms with E-state index in [2.05, 4.69) is 0 Å². The van der Waals surface area contributed by atoms with Crippen LogP contribution in [0.25, 0.3) is 0 Å². The zero-order valence-corrected chi connectivity index (χ0v) is 13.5. The quantitative estimate of drug-likeness (QED) is 0.647. The van der Waals surface area contributed by atoms with E-state index in [1.54, 1.807) is 6.92 Å². The second-order valence-electron chi connectivity index (χ2n) is 5.81. The number of fused-ring (bicyclic) bond motifs is 1. The number of carbonyl (C=O) groups excluding carboxylic acids is 1. The van der Waals surface area contributed by atoms with Crippen LogP contribution in [0, 0.1) is 5.82 Å². The Labute approximate surface area is 140 Å². The number of benzene rings is 1. The summed E-state index contributed by atoms with van der Waals surface area (Å²) < 4.78 is 35.8. The maximum Gasteiger partial charge on any atom is 0.492 e. The maximum absolute atomic E-state index is 14.5. The first-order valence-corrected chi connectivity index (χ1v) is 8.19. The largest absolute Gasteiger partial charge is 0.492 e. The summed E-state index contributed by atoms with van der Waals surface area (Å²) in [5.41, 5.74) is 0.447. The number of rotatable bonds is 5. The van der Waals surface area contributed by atoms with E-state index in [1.165, 1.54) is 12.1 Å². The Bertz CT molecular complexity index is 604. The molecule has 1 aromatic rings. The molecule has 0 aliphatic carbocycles. The molecule has 0 aromatic heterocycles. The van der Waals surface area contributed by atoms with Gasteiger partial charge in [-0.05, 0) is 31.3 Å². The van der Waals surface area contributed by atoms with E-state index in [4.69, 9.17) is 18.9 Å². The van der Waals surface area contributed by atoms with Crippen molar-refractivity contribution in [3.05, 3.63) is 23.5 Å². The average Bonchev–Trinajstić information content (AvgIpc) is 2.85. The molecule has 0 saturated carbocycles. The third-order valence-electron chi connectivity index (χ3n) is 4.08. The predicted octanol–water partition coefficient (Wildman–Crippen LogP) is 1.44. The molecule has 0 amide bonds. The van der Waals surface area contributed by atoms with Gasteiger partial charge in [0.2, 0.25) is 0 Å². The van der Waals surface area contributed by atoms with Gasteiger partial charge in [0.15, 0.2) is 6.29 Å². The minimum absolute atomic E-state index is 0.152. The molecule has 2 unspecified atom stereocenters. The van der Waals surface area contributed by atoms with Crippen molar-refractivity contribution < 1.29 is 33.1 Å². The maximum atomic E-state index is 14.5. The minimum Gasteiger partial charge on any atom is -0.466 e. The highest BCUT2D eigenvalue weighted by Gasteiger charge is 2.39. The Morgan fingerprint density at radius 1 is 1.46 bits per heavy atom. The Kier molecular flexibility index (Phi) is 5.38. The number of esters is 1. The van der Waals surface area contributed by atoms with Crippen molar-refractivity contribution in [3.63, 3.8) is 0 Å². The van der Waals surface area contributed by atoms with Gasteiger partial charge in [-0.3, -0.25) is 4.79 Å². The summed E-state index contributed by atoms with van der Waals surface area (Å²) in [5, 5.41) is 10.0. The summed E-state index contributed by atoms with van der Waals surface area (Å²) in [6.07, 6.45) is 1.29. The lowest BCUT2D eigenvalue weighted by Crippen LogP contribution is -2.30. The van der Waals surface area contributed by atoms with Crippen molar-refractivity contribution in [2.45, 2.75) is 45.0 Å². The molecule has 2 aliphatic heterocycles. The van der Waals surface area contributed by atoms with E-state index in [9.17, 15) is 14.2 Å². The van der Waals surface area contributed by atoms with Gasteiger partial charge >= 0.3 is 13.1 Å². The summed E-state index contributed by atoms with van der Waals surface area (Å²) in [6.45, 7) is 2.54. The van der Waals surface area contributed by atoms with Crippen molar-refractivity contribution in [1.29, 1.82) is 0 Å². The van der Waals surface area contributed by atoms with Crippen LogP contribution in [0.1, 0.15) is 44.3 Å². The van der Waals surface area contributed by atoms with Crippen molar-refractivity contribution in [3.8, 4) is 5.75 Å². The van der Waals surface area contributed by atoms with Gasteiger partial charge in [0.05, 0.1) is 25.7 Å². The van der Waals surface area contributed by atoms with E-state index >= 15 is 0 Å². The fraction of sp³-hybridized carbons (Fsp3) is 0.562. The molecule has 2 aliphatic rings. The van der Waals surface area contributed by atoms with E-state index in [-0.39, 0.29) is 29.8 Å². The summed E-state index contributed by atoms with van der Waals surface area (Å²) in [5.74, 6) is -0.806. The molecule has 0 radical (unpaired) electrons. The van der Waals surface area contributed by atoms with Crippen LogP contribution in [0.15, 0.2) is 12.1 Å². The number of carbonyl (C=O) groups is 1. The fourth-order valence-corrected chi connectivity index (χ4v) is 3.00. The highest BCUT2D eigenvalue weighted by Crippen LogP contribution is 2.32. The Morgan fingerprint density at radius 2 is 2.29 bits per heavy atom. The van der Waals surface area contributed by atoms with Gasteiger partial charge in [0.25, 0.3) is 0 Å². The van der Waals surface area contributed by atoms with Gasteiger partial charge in [-0.25, -0.2) is 4.39 Å². The summed E-state index contributed by atoms with van der Waals surface area (Å²) in [4.78, 5) is 11.6. The predicted molar refractivity (Wildman–Crippen MR) is 83.3 cm³/mol. The number of ether oxygens (including phenoxy) is 3. The average molecular weight is 338 g/mol. The molecule has 3 rings (SSSR count). The van der Waals surface area contributed by atoms with Crippen LogP contribution < -0.4 is 10.2 Å². The lowest BCUT2D eigenvalue weighted by molar-refractivity contribution is -0.145. The van der Waals surface area contributed by atoms with Crippen LogP contribution in [0.4, 0.5) is 4.39 Å². The van der Waals surface area contributed by atoms with Crippen LogP contribution in [-0.2, 0) is 18.9 Å². The molecule has 130 valence electrons. The van der Waals surface area contributed by atoms with Crippen LogP contribution >= 0.6 is 0 Å². The molecular formula is C16H20BFO6. The van der Waals surface area contributed by atoms with Gasteiger partial charge in [-0.15, -0.1) is 0 Å². The third kappa shape index (κ3) is 3.71. The number of halogens is 1. The van der Waals surface area contributed by atoms with E-state index in [0.29, 0.717) is 6.61 Å². The molecular weight excluding hydrogens is 318 g/mol. The minimum atomic E-state index is -1.30. The second-order valence-corrected chi connectivity index (χ2v) is 5.81. The van der Waals surface area contributed by atoms with Crippen molar-refractivity contribution >= 4 is 18.6 Å². The second kappa shape index (κ2) is 7.50. The monoisotopic (exact) mass is 338 g/mol. The number of hydrogen-bond donors (Lipinski definition) is 1. The molecule has 6 nitrogen and oxygen atoms in total. The molecule has 0 spiro atoms. The van der Waals surface area contributed by atoms with E-state index in [1.807, 2.05) is 0 Å². The van der Waals surface area contributed by atoms with Crippen molar-refractivity contribution in [2.75, 3.05) is 13.2 Å². The fourth-order valence-electron chi connectivity index (χ4n) is 3.00. The standard InChI is InChI=1S/C16H20BFO6/c1-2-21-14(19)9-13-16-11(17(20)24-13)7-10(8-12(16)18)23-15-5-3-4-6-22-15/h7-8,13,15,20H,2-6,9H2,1H3. The Balaban J connectivity index is 1.77. The molecule has 1 saturated heterocycles. The van der Waals surface area contributed by atoms with E-state index < -0.39 is 31.3 Å². The van der Waals surface area contributed by atoms with Crippen molar-refractivity contribution in [2.24, 2.45) is 0 Å². The first kappa shape index (κ1) is 17.2. The van der Waals surface area contributed by atoms with Gasteiger partial charge in [-0.1, -0.05) is 0 Å². The highest BCUT2D eigenvalue weighted by atomic mass is 19.1. The van der Waals surface area contributed by atoms with Gasteiger partial charge in [0, 0.05) is 18.1 Å². The molecule has 1 aromatic carbocycles. The van der Waals surface area contributed by atoms with Crippen LogP contribution in [0.5, 0.6) is 5.75 Å². The molecule has 1 N–H and O–H groups in total. The first-order valence-electron chi connectivity index (χ1n) is 8.19. The Hall–Kier alpha value is -1.64. The topological polar surface area (TPSA) is 74.2 Å². The zero-order chi connectivity index (χ0) is 17.1. The molecule has 2 atom stereocenters. The molecule has 24 heavy (non-hydrogen) atoms. The number of hydrogen-bond acceptors (Lipinski definition) is 6. The lowest BCUT2D eigenvalue weighted by atomic mass is 9.79. The van der Waals surface area contributed by atoms with Gasteiger partial charge < -0.3 is 23.9 Å². The SMILES string of the molecule is CCOC(=O)CC1OB(O)c2cc(OC3CCCCO3)cc(F)c21.